The Bertz CT molecular complexity index is 685. The number of nitrogens with zero attached hydrogens (tertiary/aromatic N) is 1. The predicted molar refractivity (Wildman–Crippen MR) is 111 cm³/mol. The molecule has 1 aliphatic carbocycles. The van der Waals surface area contributed by atoms with Crippen LogP contribution in [0.15, 0.2) is 12.1 Å². The van der Waals surface area contributed by atoms with Gasteiger partial charge in [-0.3, -0.25) is 9.59 Å². The van der Waals surface area contributed by atoms with Crippen LogP contribution in [-0.2, 0) is 9.59 Å². The fourth-order valence-corrected chi connectivity index (χ4v) is 4.29. The highest BCUT2D eigenvalue weighted by Gasteiger charge is 2.27. The average molecular weight is 407 g/mol. The topological polar surface area (TPSA) is 58.6 Å². The molecule has 6 heteroatoms. The van der Waals surface area contributed by atoms with Gasteiger partial charge in [0.2, 0.25) is 5.91 Å². The Hall–Kier alpha value is -1.75. The number of rotatable bonds is 5. The van der Waals surface area contributed by atoms with Gasteiger partial charge in [-0.15, -0.1) is 0 Å². The lowest BCUT2D eigenvalue weighted by atomic mass is 9.88. The van der Waals surface area contributed by atoms with Gasteiger partial charge in [-0.05, 0) is 62.8 Å². The molecule has 1 N–H and O–H groups in total. The van der Waals surface area contributed by atoms with E-state index in [-0.39, 0.29) is 30.4 Å². The first-order valence-corrected chi connectivity index (χ1v) is 10.8. The van der Waals surface area contributed by atoms with Crippen molar-refractivity contribution in [3.05, 3.63) is 28.3 Å². The van der Waals surface area contributed by atoms with Crippen molar-refractivity contribution in [3.63, 3.8) is 0 Å². The van der Waals surface area contributed by atoms with E-state index in [0.29, 0.717) is 18.8 Å². The van der Waals surface area contributed by atoms with Crippen LogP contribution in [0.5, 0.6) is 5.75 Å². The van der Waals surface area contributed by atoms with Gasteiger partial charge in [0, 0.05) is 30.1 Å². The zero-order chi connectivity index (χ0) is 20.1. The van der Waals surface area contributed by atoms with Gasteiger partial charge in [0.25, 0.3) is 5.91 Å². The molecule has 0 spiro atoms. The lowest BCUT2D eigenvalue weighted by Crippen LogP contribution is -2.48. The molecule has 0 bridgehead atoms. The quantitative estimate of drug-likeness (QED) is 0.803. The molecule has 1 saturated heterocycles. The Morgan fingerprint density at radius 3 is 2.29 bits per heavy atom. The number of amides is 2. The minimum atomic E-state index is -0.0117. The monoisotopic (exact) mass is 406 g/mol. The normalized spacial score (nSPS) is 18.8. The van der Waals surface area contributed by atoms with Crippen LogP contribution in [0.4, 0.5) is 0 Å². The standard InChI is InChI=1S/C22H31ClN2O3/c1-15-12-19(13-16(2)21(15)23)28-14-20(26)25-10-8-18(9-11-25)24-22(27)17-6-4-3-5-7-17/h12-13,17-18H,3-11,14H2,1-2H3,(H,24,27). The first-order chi connectivity index (χ1) is 13.4. The van der Waals surface area contributed by atoms with E-state index in [0.717, 1.165) is 54.7 Å². The molecule has 2 fully saturated rings. The molecule has 1 saturated carbocycles. The van der Waals surface area contributed by atoms with E-state index in [2.05, 4.69) is 5.32 Å². The molecule has 1 aromatic rings. The number of nitrogens with one attached hydrogen (secondary N) is 1. The zero-order valence-corrected chi connectivity index (χ0v) is 17.7. The Labute approximate surface area is 172 Å². The van der Waals surface area contributed by atoms with Crippen molar-refractivity contribution in [2.45, 2.75) is 64.8 Å². The van der Waals surface area contributed by atoms with Crippen molar-refractivity contribution in [3.8, 4) is 5.75 Å². The maximum absolute atomic E-state index is 12.5. The Morgan fingerprint density at radius 1 is 1.07 bits per heavy atom. The molecule has 5 nitrogen and oxygen atoms in total. The van der Waals surface area contributed by atoms with Crippen LogP contribution in [0, 0.1) is 19.8 Å². The highest BCUT2D eigenvalue weighted by atomic mass is 35.5. The summed E-state index contributed by atoms with van der Waals surface area (Å²) in [5.41, 5.74) is 1.89. The Morgan fingerprint density at radius 2 is 1.68 bits per heavy atom. The molecule has 0 radical (unpaired) electrons. The molecule has 0 atom stereocenters. The number of hydrogen-bond acceptors (Lipinski definition) is 3. The first kappa shape index (κ1) is 21.0. The summed E-state index contributed by atoms with van der Waals surface area (Å²) in [6.45, 7) is 5.21. The zero-order valence-electron chi connectivity index (χ0n) is 16.9. The van der Waals surface area contributed by atoms with Crippen molar-refractivity contribution in [1.82, 2.24) is 10.2 Å². The summed E-state index contributed by atoms with van der Waals surface area (Å²) >= 11 is 6.17. The molecule has 1 aromatic carbocycles. The van der Waals surface area contributed by atoms with Crippen LogP contribution < -0.4 is 10.1 Å². The van der Waals surface area contributed by atoms with Crippen molar-refractivity contribution in [2.24, 2.45) is 5.92 Å². The molecule has 1 aliphatic heterocycles. The van der Waals surface area contributed by atoms with Crippen molar-refractivity contribution in [1.29, 1.82) is 0 Å². The summed E-state index contributed by atoms with van der Waals surface area (Å²) in [6.07, 6.45) is 7.23. The molecule has 3 rings (SSSR count). The second-order valence-electron chi connectivity index (χ2n) is 8.16. The third-order valence-corrected chi connectivity index (χ3v) is 6.54. The van der Waals surface area contributed by atoms with Crippen LogP contribution in [0.2, 0.25) is 5.02 Å². The minimum absolute atomic E-state index is 0.0117. The number of likely N-dealkylation sites (tertiary alicyclic amines) is 1. The van der Waals surface area contributed by atoms with E-state index in [9.17, 15) is 9.59 Å². The van der Waals surface area contributed by atoms with Crippen LogP contribution in [-0.4, -0.2) is 42.5 Å². The number of ether oxygens (including phenoxy) is 1. The van der Waals surface area contributed by atoms with Gasteiger partial charge in [-0.2, -0.15) is 0 Å². The smallest absolute Gasteiger partial charge is 0.260 e. The van der Waals surface area contributed by atoms with Crippen LogP contribution in [0.3, 0.4) is 0 Å². The second-order valence-corrected chi connectivity index (χ2v) is 8.54. The van der Waals surface area contributed by atoms with Gasteiger partial charge in [0.15, 0.2) is 6.61 Å². The maximum Gasteiger partial charge on any atom is 0.260 e. The molecule has 0 unspecified atom stereocenters. The van der Waals surface area contributed by atoms with E-state index in [1.54, 1.807) is 0 Å². The van der Waals surface area contributed by atoms with E-state index in [1.807, 2.05) is 30.9 Å². The number of carbonyl (C=O) groups excluding carboxylic acids is 2. The average Bonchev–Trinajstić information content (AvgIpc) is 2.71. The lowest BCUT2D eigenvalue weighted by molar-refractivity contribution is -0.134. The summed E-state index contributed by atoms with van der Waals surface area (Å²) in [5, 5.41) is 3.94. The van der Waals surface area contributed by atoms with E-state index < -0.39 is 0 Å². The second kappa shape index (κ2) is 9.64. The Kier molecular flexibility index (Phi) is 7.22. The largest absolute Gasteiger partial charge is 0.484 e. The molecule has 154 valence electrons. The number of carbonyl (C=O) groups is 2. The number of aryl methyl sites for hydroxylation is 2. The lowest BCUT2D eigenvalue weighted by Gasteiger charge is -2.33. The number of halogens is 1. The van der Waals surface area contributed by atoms with Crippen LogP contribution in [0.25, 0.3) is 0 Å². The fraction of sp³-hybridized carbons (Fsp3) is 0.636. The third-order valence-electron chi connectivity index (χ3n) is 5.94. The maximum atomic E-state index is 12.5. The van der Waals surface area contributed by atoms with Crippen molar-refractivity contribution < 1.29 is 14.3 Å². The molecule has 2 aliphatic rings. The summed E-state index contributed by atoms with van der Waals surface area (Å²) in [4.78, 5) is 26.7. The SMILES string of the molecule is Cc1cc(OCC(=O)N2CCC(NC(=O)C3CCCCC3)CC2)cc(C)c1Cl. The van der Waals surface area contributed by atoms with Gasteiger partial charge >= 0.3 is 0 Å². The van der Waals surface area contributed by atoms with Gasteiger partial charge in [0.1, 0.15) is 5.75 Å². The first-order valence-electron chi connectivity index (χ1n) is 10.4. The van der Waals surface area contributed by atoms with Gasteiger partial charge in [-0.25, -0.2) is 0 Å². The highest BCUT2D eigenvalue weighted by Crippen LogP contribution is 2.26. The summed E-state index contributed by atoms with van der Waals surface area (Å²) in [6, 6.07) is 3.90. The third kappa shape index (κ3) is 5.40. The van der Waals surface area contributed by atoms with Gasteiger partial charge < -0.3 is 15.0 Å². The van der Waals surface area contributed by atoms with E-state index >= 15 is 0 Å². The Balaban J connectivity index is 1.41. The minimum Gasteiger partial charge on any atom is -0.484 e. The summed E-state index contributed by atoms with van der Waals surface area (Å²) in [7, 11) is 0. The summed E-state index contributed by atoms with van der Waals surface area (Å²) < 4.78 is 5.69. The number of hydrogen-bond donors (Lipinski definition) is 1. The van der Waals surface area contributed by atoms with E-state index in [4.69, 9.17) is 16.3 Å². The summed E-state index contributed by atoms with van der Waals surface area (Å²) in [5.74, 6) is 1.05. The molecule has 0 aromatic heterocycles. The van der Waals surface area contributed by atoms with Crippen molar-refractivity contribution in [2.75, 3.05) is 19.7 Å². The predicted octanol–water partition coefficient (Wildman–Crippen LogP) is 4.02. The van der Waals surface area contributed by atoms with Crippen LogP contribution >= 0.6 is 11.6 Å². The molecule has 1 heterocycles. The molecular formula is C22H31ClN2O3. The highest BCUT2D eigenvalue weighted by molar-refractivity contribution is 6.32. The van der Waals surface area contributed by atoms with Gasteiger partial charge in [0.05, 0.1) is 0 Å². The number of benzene rings is 1. The van der Waals surface area contributed by atoms with Crippen LogP contribution in [0.1, 0.15) is 56.1 Å². The fourth-order valence-electron chi connectivity index (χ4n) is 4.18. The molecule has 2 amide bonds. The number of piperidine rings is 1. The van der Waals surface area contributed by atoms with Gasteiger partial charge in [-0.1, -0.05) is 30.9 Å². The van der Waals surface area contributed by atoms with Crippen molar-refractivity contribution >= 4 is 23.4 Å². The molecular weight excluding hydrogens is 376 g/mol. The molecule has 28 heavy (non-hydrogen) atoms. The van der Waals surface area contributed by atoms with E-state index in [1.165, 1.54) is 6.42 Å².